The SMILES string of the molecule is CC[C@H](OC)C(=O)NC1(c2ccc(C)cc2)CC1. The normalized spacial score (nSPS) is 18.2. The maximum Gasteiger partial charge on any atom is 0.249 e. The summed E-state index contributed by atoms with van der Waals surface area (Å²) in [5, 5.41) is 3.14. The minimum atomic E-state index is -0.340. The summed E-state index contributed by atoms with van der Waals surface area (Å²) >= 11 is 0. The third-order valence-corrected chi connectivity index (χ3v) is 3.66. The Hall–Kier alpha value is -1.35. The van der Waals surface area contributed by atoms with Crippen molar-refractivity contribution in [3.63, 3.8) is 0 Å². The molecule has 0 unspecified atom stereocenters. The highest BCUT2D eigenvalue weighted by Crippen LogP contribution is 2.45. The van der Waals surface area contributed by atoms with E-state index in [4.69, 9.17) is 4.74 Å². The van der Waals surface area contributed by atoms with E-state index in [0.717, 1.165) is 12.8 Å². The quantitative estimate of drug-likeness (QED) is 0.868. The summed E-state index contributed by atoms with van der Waals surface area (Å²) in [7, 11) is 1.58. The number of carbonyl (C=O) groups is 1. The van der Waals surface area contributed by atoms with Crippen LogP contribution in [0.15, 0.2) is 24.3 Å². The van der Waals surface area contributed by atoms with E-state index in [0.29, 0.717) is 6.42 Å². The third kappa shape index (κ3) is 2.56. The van der Waals surface area contributed by atoms with Crippen LogP contribution in [0, 0.1) is 6.92 Å². The minimum Gasteiger partial charge on any atom is -0.372 e. The maximum atomic E-state index is 12.1. The van der Waals surface area contributed by atoms with Crippen molar-refractivity contribution in [1.82, 2.24) is 5.32 Å². The van der Waals surface area contributed by atoms with E-state index in [1.54, 1.807) is 7.11 Å². The van der Waals surface area contributed by atoms with Crippen molar-refractivity contribution < 1.29 is 9.53 Å². The fourth-order valence-corrected chi connectivity index (χ4v) is 2.26. The first-order chi connectivity index (χ1) is 8.61. The van der Waals surface area contributed by atoms with E-state index in [1.165, 1.54) is 11.1 Å². The van der Waals surface area contributed by atoms with Gasteiger partial charge >= 0.3 is 0 Å². The van der Waals surface area contributed by atoms with Crippen molar-refractivity contribution >= 4 is 5.91 Å². The Kier molecular flexibility index (Phi) is 3.71. The molecule has 98 valence electrons. The van der Waals surface area contributed by atoms with Crippen LogP contribution in [0.4, 0.5) is 0 Å². The number of rotatable bonds is 5. The highest BCUT2D eigenvalue weighted by Gasteiger charge is 2.46. The summed E-state index contributed by atoms with van der Waals surface area (Å²) in [5.41, 5.74) is 2.30. The molecule has 1 aliphatic carbocycles. The first-order valence-corrected chi connectivity index (χ1v) is 6.53. The van der Waals surface area contributed by atoms with Crippen LogP contribution in [0.2, 0.25) is 0 Å². The number of methoxy groups -OCH3 is 1. The van der Waals surface area contributed by atoms with Gasteiger partial charge in [0.25, 0.3) is 0 Å². The summed E-state index contributed by atoms with van der Waals surface area (Å²) in [6.07, 6.45) is 2.39. The fourth-order valence-electron chi connectivity index (χ4n) is 2.26. The highest BCUT2D eigenvalue weighted by molar-refractivity contribution is 5.82. The molecule has 18 heavy (non-hydrogen) atoms. The van der Waals surface area contributed by atoms with Crippen LogP contribution >= 0.6 is 0 Å². The number of benzene rings is 1. The van der Waals surface area contributed by atoms with Gasteiger partial charge in [-0.05, 0) is 31.7 Å². The van der Waals surface area contributed by atoms with E-state index >= 15 is 0 Å². The second kappa shape index (κ2) is 5.11. The summed E-state index contributed by atoms with van der Waals surface area (Å²) in [5.74, 6) is -0.00178. The van der Waals surface area contributed by atoms with Crippen molar-refractivity contribution in [2.45, 2.75) is 44.8 Å². The van der Waals surface area contributed by atoms with E-state index in [2.05, 4.69) is 36.5 Å². The Morgan fingerprint density at radius 1 is 1.39 bits per heavy atom. The number of nitrogens with one attached hydrogen (secondary N) is 1. The smallest absolute Gasteiger partial charge is 0.249 e. The van der Waals surface area contributed by atoms with Crippen LogP contribution in [-0.4, -0.2) is 19.1 Å². The van der Waals surface area contributed by atoms with Crippen LogP contribution < -0.4 is 5.32 Å². The predicted molar refractivity (Wildman–Crippen MR) is 71.3 cm³/mol. The van der Waals surface area contributed by atoms with Crippen LogP contribution in [0.3, 0.4) is 0 Å². The van der Waals surface area contributed by atoms with Gasteiger partial charge in [0.15, 0.2) is 0 Å². The van der Waals surface area contributed by atoms with E-state index in [9.17, 15) is 4.79 Å². The first-order valence-electron chi connectivity index (χ1n) is 6.53. The molecule has 0 radical (unpaired) electrons. The number of amides is 1. The van der Waals surface area contributed by atoms with Crippen molar-refractivity contribution in [3.05, 3.63) is 35.4 Å². The minimum absolute atomic E-state index is 0.00178. The number of hydrogen-bond acceptors (Lipinski definition) is 2. The summed E-state index contributed by atoms with van der Waals surface area (Å²) in [6, 6.07) is 8.40. The molecule has 0 spiro atoms. The standard InChI is InChI=1S/C15H21NO2/c1-4-13(18-3)14(17)16-15(9-10-15)12-7-5-11(2)6-8-12/h5-8,13H,4,9-10H2,1-3H3,(H,16,17)/t13-/m0/s1. The average Bonchev–Trinajstić information content (AvgIpc) is 3.12. The molecule has 0 aromatic heterocycles. The molecule has 3 heteroatoms. The largest absolute Gasteiger partial charge is 0.372 e. The number of aryl methyl sites for hydroxylation is 1. The first kappa shape index (κ1) is 13.1. The van der Waals surface area contributed by atoms with Gasteiger partial charge in [-0.2, -0.15) is 0 Å². The topological polar surface area (TPSA) is 38.3 Å². The molecule has 0 aliphatic heterocycles. The number of carbonyl (C=O) groups excluding carboxylic acids is 1. The molecular formula is C15H21NO2. The van der Waals surface area contributed by atoms with Crippen molar-refractivity contribution in [2.75, 3.05) is 7.11 Å². The van der Waals surface area contributed by atoms with E-state index < -0.39 is 0 Å². The van der Waals surface area contributed by atoms with Gasteiger partial charge in [-0.25, -0.2) is 0 Å². The van der Waals surface area contributed by atoms with Gasteiger partial charge in [-0.15, -0.1) is 0 Å². The maximum absolute atomic E-state index is 12.1. The molecule has 3 nitrogen and oxygen atoms in total. The van der Waals surface area contributed by atoms with Crippen molar-refractivity contribution in [3.8, 4) is 0 Å². The van der Waals surface area contributed by atoms with Crippen LogP contribution in [0.5, 0.6) is 0 Å². The number of ether oxygens (including phenoxy) is 1. The molecule has 0 heterocycles. The lowest BCUT2D eigenvalue weighted by molar-refractivity contribution is -0.132. The zero-order valence-corrected chi connectivity index (χ0v) is 11.3. The fraction of sp³-hybridized carbons (Fsp3) is 0.533. The molecule has 1 N–H and O–H groups in total. The van der Waals surface area contributed by atoms with Gasteiger partial charge in [0.05, 0.1) is 5.54 Å². The van der Waals surface area contributed by atoms with Gasteiger partial charge in [0, 0.05) is 7.11 Å². The highest BCUT2D eigenvalue weighted by atomic mass is 16.5. The summed E-state index contributed by atoms with van der Waals surface area (Å²) in [6.45, 7) is 4.03. The third-order valence-electron chi connectivity index (χ3n) is 3.66. The Balaban J connectivity index is 2.08. The van der Waals surface area contributed by atoms with E-state index in [-0.39, 0.29) is 17.6 Å². The Labute approximate surface area is 109 Å². The predicted octanol–water partition coefficient (Wildman–Crippen LogP) is 2.53. The van der Waals surface area contributed by atoms with Crippen molar-refractivity contribution in [1.29, 1.82) is 0 Å². The zero-order chi connectivity index (χ0) is 13.2. The van der Waals surface area contributed by atoms with Gasteiger partial charge in [-0.3, -0.25) is 4.79 Å². The molecule has 1 saturated carbocycles. The molecule has 0 bridgehead atoms. The monoisotopic (exact) mass is 247 g/mol. The van der Waals surface area contributed by atoms with Crippen LogP contribution in [0.1, 0.15) is 37.3 Å². The average molecular weight is 247 g/mol. The molecule has 1 aromatic rings. The summed E-state index contributed by atoms with van der Waals surface area (Å²) < 4.78 is 5.18. The molecule has 1 aliphatic rings. The Bertz CT molecular complexity index is 417. The molecule has 1 fully saturated rings. The lowest BCUT2D eigenvalue weighted by atomic mass is 10.0. The number of hydrogen-bond donors (Lipinski definition) is 1. The molecule has 2 rings (SSSR count). The lowest BCUT2D eigenvalue weighted by Crippen LogP contribution is -2.42. The van der Waals surface area contributed by atoms with Gasteiger partial charge in [-0.1, -0.05) is 36.8 Å². The van der Waals surface area contributed by atoms with Crippen molar-refractivity contribution in [2.24, 2.45) is 0 Å². The molecule has 0 saturated heterocycles. The van der Waals surface area contributed by atoms with Crippen LogP contribution in [0.25, 0.3) is 0 Å². The molecule has 1 amide bonds. The zero-order valence-electron chi connectivity index (χ0n) is 11.3. The molecule has 1 aromatic carbocycles. The second-order valence-corrected chi connectivity index (χ2v) is 5.07. The van der Waals surface area contributed by atoms with Gasteiger partial charge in [0.2, 0.25) is 5.91 Å². The van der Waals surface area contributed by atoms with Gasteiger partial charge < -0.3 is 10.1 Å². The Morgan fingerprint density at radius 3 is 2.44 bits per heavy atom. The Morgan fingerprint density at radius 2 is 2.00 bits per heavy atom. The van der Waals surface area contributed by atoms with E-state index in [1.807, 2.05) is 6.92 Å². The van der Waals surface area contributed by atoms with Gasteiger partial charge in [0.1, 0.15) is 6.10 Å². The molecule has 1 atom stereocenters. The van der Waals surface area contributed by atoms with Crippen LogP contribution in [-0.2, 0) is 15.1 Å². The lowest BCUT2D eigenvalue weighted by Gasteiger charge is -2.21. The second-order valence-electron chi connectivity index (χ2n) is 5.07. The summed E-state index contributed by atoms with van der Waals surface area (Å²) in [4.78, 5) is 12.1. The molecular weight excluding hydrogens is 226 g/mol.